The zero-order valence-corrected chi connectivity index (χ0v) is 13.1. The van der Waals surface area contributed by atoms with Gasteiger partial charge in [0.2, 0.25) is 0 Å². The van der Waals surface area contributed by atoms with Crippen molar-refractivity contribution in [3.8, 4) is 0 Å². The fourth-order valence-corrected chi connectivity index (χ4v) is 2.23. The van der Waals surface area contributed by atoms with Gasteiger partial charge in [-0.05, 0) is 36.5 Å². The molecule has 0 saturated carbocycles. The van der Waals surface area contributed by atoms with E-state index in [2.05, 4.69) is 10.6 Å². The van der Waals surface area contributed by atoms with Crippen molar-refractivity contribution in [1.29, 1.82) is 0 Å². The van der Waals surface area contributed by atoms with E-state index in [-0.39, 0.29) is 17.3 Å². The van der Waals surface area contributed by atoms with Crippen molar-refractivity contribution in [2.75, 3.05) is 5.32 Å². The van der Waals surface area contributed by atoms with Gasteiger partial charge in [-0.3, -0.25) is 0 Å². The average Bonchev–Trinajstić information content (AvgIpc) is 2.47. The number of hydrogen-bond donors (Lipinski definition) is 2. The summed E-state index contributed by atoms with van der Waals surface area (Å²) in [5, 5.41) is 5.02. The number of alkyl halides is 3. The molecule has 0 fully saturated rings. The van der Waals surface area contributed by atoms with Crippen LogP contribution in [0.5, 0.6) is 0 Å². The molecular formula is C15H11ClF4N2S. The average molecular weight is 363 g/mol. The summed E-state index contributed by atoms with van der Waals surface area (Å²) in [6.45, 7) is 0.109. The van der Waals surface area contributed by atoms with Crippen LogP contribution in [0.4, 0.5) is 23.2 Å². The van der Waals surface area contributed by atoms with Crippen molar-refractivity contribution in [1.82, 2.24) is 5.32 Å². The van der Waals surface area contributed by atoms with Crippen LogP contribution in [0.1, 0.15) is 11.1 Å². The largest absolute Gasteiger partial charge is 0.417 e. The first-order chi connectivity index (χ1) is 10.8. The van der Waals surface area contributed by atoms with Crippen LogP contribution >= 0.6 is 23.8 Å². The van der Waals surface area contributed by atoms with E-state index in [1.54, 1.807) is 18.2 Å². The molecule has 2 aromatic rings. The minimum Gasteiger partial charge on any atom is -0.358 e. The van der Waals surface area contributed by atoms with Gasteiger partial charge < -0.3 is 10.6 Å². The maximum Gasteiger partial charge on any atom is 0.417 e. The van der Waals surface area contributed by atoms with E-state index >= 15 is 0 Å². The topological polar surface area (TPSA) is 24.1 Å². The number of anilines is 1. The van der Waals surface area contributed by atoms with E-state index < -0.39 is 22.6 Å². The fourth-order valence-electron chi connectivity index (χ4n) is 1.81. The van der Waals surface area contributed by atoms with Crippen molar-refractivity contribution < 1.29 is 17.6 Å². The molecule has 0 spiro atoms. The molecule has 0 saturated heterocycles. The van der Waals surface area contributed by atoms with Crippen LogP contribution in [0.25, 0.3) is 0 Å². The third kappa shape index (κ3) is 4.80. The summed E-state index contributed by atoms with van der Waals surface area (Å²) in [5.74, 6) is -0.395. The third-order valence-electron chi connectivity index (χ3n) is 2.93. The molecule has 2 aromatic carbocycles. The Morgan fingerprint density at radius 2 is 1.83 bits per heavy atom. The van der Waals surface area contributed by atoms with Crippen LogP contribution < -0.4 is 10.6 Å². The molecule has 0 aromatic heterocycles. The van der Waals surface area contributed by atoms with E-state index in [9.17, 15) is 17.6 Å². The molecule has 0 amide bonds. The standard InChI is InChI=1S/C15H11ClF4N2S/c16-12-6-5-10(7-11(12)15(18,19)20)22-14(23)21-8-9-3-1-2-4-13(9)17/h1-7H,8H2,(H2,21,22,23). The predicted octanol–water partition coefficient (Wildman–Crippen LogP) is 4.98. The second kappa shape index (κ2) is 7.14. The number of hydrogen-bond acceptors (Lipinski definition) is 1. The van der Waals surface area contributed by atoms with E-state index in [1.807, 2.05) is 0 Å². The van der Waals surface area contributed by atoms with Crippen molar-refractivity contribution in [3.63, 3.8) is 0 Å². The van der Waals surface area contributed by atoms with E-state index in [0.29, 0.717) is 5.56 Å². The van der Waals surface area contributed by atoms with Gasteiger partial charge in [0.05, 0.1) is 10.6 Å². The second-order valence-electron chi connectivity index (χ2n) is 4.59. The van der Waals surface area contributed by atoms with Crippen LogP contribution in [-0.4, -0.2) is 5.11 Å². The first-order valence-electron chi connectivity index (χ1n) is 6.42. The van der Waals surface area contributed by atoms with Gasteiger partial charge in [0, 0.05) is 17.8 Å². The minimum atomic E-state index is -4.56. The Labute approximate surface area is 140 Å². The van der Waals surface area contributed by atoms with Gasteiger partial charge >= 0.3 is 6.18 Å². The minimum absolute atomic E-state index is 0.0729. The van der Waals surface area contributed by atoms with E-state index in [0.717, 1.165) is 12.1 Å². The molecule has 2 rings (SSSR count). The van der Waals surface area contributed by atoms with E-state index in [4.69, 9.17) is 23.8 Å². The molecule has 0 atom stereocenters. The number of rotatable bonds is 3. The van der Waals surface area contributed by atoms with Gasteiger partial charge in [0.15, 0.2) is 5.11 Å². The van der Waals surface area contributed by atoms with E-state index in [1.165, 1.54) is 12.1 Å². The zero-order valence-electron chi connectivity index (χ0n) is 11.5. The normalized spacial score (nSPS) is 11.2. The predicted molar refractivity (Wildman–Crippen MR) is 85.9 cm³/mol. The van der Waals surface area contributed by atoms with Crippen LogP contribution in [0, 0.1) is 5.82 Å². The molecule has 122 valence electrons. The van der Waals surface area contributed by atoms with Crippen molar-refractivity contribution in [2.45, 2.75) is 12.7 Å². The summed E-state index contributed by atoms with van der Waals surface area (Å²) in [7, 11) is 0. The van der Waals surface area contributed by atoms with Crippen molar-refractivity contribution >= 4 is 34.6 Å². The van der Waals surface area contributed by atoms with Gasteiger partial charge in [-0.15, -0.1) is 0 Å². The highest BCUT2D eigenvalue weighted by molar-refractivity contribution is 7.80. The molecule has 0 aliphatic heterocycles. The highest BCUT2D eigenvalue weighted by Gasteiger charge is 2.33. The van der Waals surface area contributed by atoms with Gasteiger partial charge in [-0.1, -0.05) is 29.8 Å². The molecule has 0 bridgehead atoms. The van der Waals surface area contributed by atoms with Gasteiger partial charge in [0.25, 0.3) is 0 Å². The molecule has 0 heterocycles. The van der Waals surface area contributed by atoms with Crippen molar-refractivity contribution in [3.05, 3.63) is 64.4 Å². The summed E-state index contributed by atoms with van der Waals surface area (Å²) in [6, 6.07) is 9.48. The number of benzene rings is 2. The lowest BCUT2D eigenvalue weighted by atomic mass is 10.2. The lowest BCUT2D eigenvalue weighted by Gasteiger charge is -2.14. The monoisotopic (exact) mass is 362 g/mol. The Morgan fingerprint density at radius 1 is 1.13 bits per heavy atom. The molecule has 23 heavy (non-hydrogen) atoms. The van der Waals surface area contributed by atoms with Crippen LogP contribution in [0.2, 0.25) is 5.02 Å². The van der Waals surface area contributed by atoms with Crippen molar-refractivity contribution in [2.24, 2.45) is 0 Å². The van der Waals surface area contributed by atoms with Gasteiger partial charge in [-0.2, -0.15) is 13.2 Å². The highest BCUT2D eigenvalue weighted by atomic mass is 35.5. The Balaban J connectivity index is 2.02. The molecular weight excluding hydrogens is 352 g/mol. The highest BCUT2D eigenvalue weighted by Crippen LogP contribution is 2.36. The maximum atomic E-state index is 13.5. The number of nitrogens with one attached hydrogen (secondary N) is 2. The molecule has 0 radical (unpaired) electrons. The Morgan fingerprint density at radius 3 is 2.48 bits per heavy atom. The maximum absolute atomic E-state index is 13.5. The molecule has 0 unspecified atom stereocenters. The number of thiocarbonyl (C=S) groups is 1. The lowest BCUT2D eigenvalue weighted by molar-refractivity contribution is -0.137. The Bertz CT molecular complexity index is 719. The Hall–Kier alpha value is -1.86. The van der Waals surface area contributed by atoms with Crippen LogP contribution in [-0.2, 0) is 12.7 Å². The Kier molecular flexibility index (Phi) is 5.43. The summed E-state index contributed by atoms with van der Waals surface area (Å²) in [6.07, 6.45) is -4.56. The first kappa shape index (κ1) is 17.5. The van der Waals surface area contributed by atoms with Crippen LogP contribution in [0.3, 0.4) is 0 Å². The molecule has 2 nitrogen and oxygen atoms in total. The fraction of sp³-hybridized carbons (Fsp3) is 0.133. The number of halogens is 5. The molecule has 2 N–H and O–H groups in total. The quantitative estimate of drug-likeness (QED) is 0.594. The summed E-state index contributed by atoms with van der Waals surface area (Å²) < 4.78 is 51.8. The zero-order chi connectivity index (χ0) is 17.0. The smallest absolute Gasteiger partial charge is 0.358 e. The summed E-state index contributed by atoms with van der Waals surface area (Å²) in [4.78, 5) is 0. The summed E-state index contributed by atoms with van der Waals surface area (Å²) >= 11 is 10.5. The summed E-state index contributed by atoms with van der Waals surface area (Å²) in [5.41, 5.74) is -0.433. The van der Waals surface area contributed by atoms with Gasteiger partial charge in [0.1, 0.15) is 5.82 Å². The lowest BCUT2D eigenvalue weighted by Crippen LogP contribution is -2.28. The SMILES string of the molecule is Fc1ccccc1CNC(=S)Nc1ccc(Cl)c(C(F)(F)F)c1. The van der Waals surface area contributed by atoms with Crippen LogP contribution in [0.15, 0.2) is 42.5 Å². The second-order valence-corrected chi connectivity index (χ2v) is 5.41. The molecule has 0 aliphatic rings. The third-order valence-corrected chi connectivity index (χ3v) is 3.50. The van der Waals surface area contributed by atoms with Gasteiger partial charge in [-0.25, -0.2) is 4.39 Å². The molecule has 8 heteroatoms. The first-order valence-corrected chi connectivity index (χ1v) is 7.21. The molecule has 0 aliphatic carbocycles.